The lowest BCUT2D eigenvalue weighted by Gasteiger charge is -2.30. The highest BCUT2D eigenvalue weighted by Gasteiger charge is 2.24. The quantitative estimate of drug-likeness (QED) is 0.285. The summed E-state index contributed by atoms with van der Waals surface area (Å²) in [5.41, 5.74) is 1.07. The Morgan fingerprint density at radius 1 is 1.15 bits per heavy atom. The molecule has 156 valence electrons. The number of guanidine groups is 1. The van der Waals surface area contributed by atoms with E-state index < -0.39 is 0 Å². The number of aliphatic imine (C=N–C) groups is 1. The zero-order chi connectivity index (χ0) is 19.7. The van der Waals surface area contributed by atoms with Crippen LogP contribution in [0.25, 0.3) is 0 Å². The maximum atomic E-state index is 5.60. The van der Waals surface area contributed by atoms with Gasteiger partial charge in [0.1, 0.15) is 0 Å². The van der Waals surface area contributed by atoms with E-state index in [0.29, 0.717) is 24.6 Å². The van der Waals surface area contributed by atoms with E-state index in [1.165, 1.54) is 0 Å². The lowest BCUT2D eigenvalue weighted by Crippen LogP contribution is -2.45. The fraction of sp³-hybridized carbons (Fsp3) is 0.632. The highest BCUT2D eigenvalue weighted by atomic mass is 127. The van der Waals surface area contributed by atoms with Crippen LogP contribution in [0.2, 0.25) is 0 Å². The minimum Gasteiger partial charge on any atom is -0.493 e. The van der Waals surface area contributed by atoms with Crippen molar-refractivity contribution in [2.24, 2.45) is 10.4 Å². The summed E-state index contributed by atoms with van der Waals surface area (Å²) in [6.45, 7) is 10.5. The fourth-order valence-electron chi connectivity index (χ4n) is 2.51. The van der Waals surface area contributed by atoms with Crippen LogP contribution in [0.5, 0.6) is 11.5 Å². The molecule has 0 spiro atoms. The molecule has 0 heterocycles. The molecule has 6 nitrogen and oxygen atoms in total. The molecule has 1 aromatic carbocycles. The Morgan fingerprint density at radius 3 is 2.30 bits per heavy atom. The summed E-state index contributed by atoms with van der Waals surface area (Å²) in [6.07, 6.45) is 0.0848. The SMILES string of the molecule is CCNC(=NCc1cc(Br)c(OC)c(OC)c1)NCC(OC)C(C)(C)C.I. The second kappa shape index (κ2) is 12.7. The first-order chi connectivity index (χ1) is 12.3. The Hall–Kier alpha value is -0.740. The van der Waals surface area contributed by atoms with Gasteiger partial charge in [0.15, 0.2) is 17.5 Å². The molecular formula is C19H33BrIN3O3. The largest absolute Gasteiger partial charge is 0.493 e. The van der Waals surface area contributed by atoms with Crippen LogP contribution in [0.15, 0.2) is 21.6 Å². The van der Waals surface area contributed by atoms with Crippen molar-refractivity contribution in [1.82, 2.24) is 10.6 Å². The number of benzene rings is 1. The van der Waals surface area contributed by atoms with Crippen molar-refractivity contribution in [2.45, 2.75) is 40.3 Å². The first kappa shape index (κ1) is 26.3. The van der Waals surface area contributed by atoms with E-state index in [4.69, 9.17) is 14.2 Å². The van der Waals surface area contributed by atoms with E-state index in [1.807, 2.05) is 19.1 Å². The third kappa shape index (κ3) is 8.43. The summed E-state index contributed by atoms with van der Waals surface area (Å²) < 4.78 is 17.2. The van der Waals surface area contributed by atoms with Crippen LogP contribution >= 0.6 is 39.9 Å². The van der Waals surface area contributed by atoms with Crippen LogP contribution in [-0.4, -0.2) is 46.5 Å². The van der Waals surface area contributed by atoms with Gasteiger partial charge in [0.25, 0.3) is 0 Å². The van der Waals surface area contributed by atoms with E-state index in [0.717, 1.165) is 22.5 Å². The molecule has 0 amide bonds. The molecule has 0 aromatic heterocycles. The van der Waals surface area contributed by atoms with Gasteiger partial charge >= 0.3 is 0 Å². The third-order valence-corrected chi connectivity index (χ3v) is 4.55. The Morgan fingerprint density at radius 2 is 1.81 bits per heavy atom. The molecule has 0 bridgehead atoms. The van der Waals surface area contributed by atoms with Crippen molar-refractivity contribution >= 4 is 45.9 Å². The Bertz CT molecular complexity index is 607. The predicted octanol–water partition coefficient (Wildman–Crippen LogP) is 4.20. The monoisotopic (exact) mass is 557 g/mol. The number of ether oxygens (including phenoxy) is 3. The number of hydrogen-bond acceptors (Lipinski definition) is 4. The van der Waals surface area contributed by atoms with Gasteiger partial charge in [-0.3, -0.25) is 0 Å². The lowest BCUT2D eigenvalue weighted by atomic mass is 9.89. The number of methoxy groups -OCH3 is 3. The molecule has 1 rings (SSSR count). The van der Waals surface area contributed by atoms with Crippen LogP contribution in [0.3, 0.4) is 0 Å². The topological polar surface area (TPSA) is 64.1 Å². The van der Waals surface area contributed by atoms with E-state index in [-0.39, 0.29) is 35.5 Å². The van der Waals surface area contributed by atoms with Gasteiger partial charge in [-0.15, -0.1) is 24.0 Å². The van der Waals surface area contributed by atoms with Crippen LogP contribution in [0.1, 0.15) is 33.3 Å². The molecule has 8 heteroatoms. The molecular weight excluding hydrogens is 525 g/mol. The van der Waals surface area contributed by atoms with Crippen molar-refractivity contribution in [3.8, 4) is 11.5 Å². The second-order valence-electron chi connectivity index (χ2n) is 6.98. The van der Waals surface area contributed by atoms with Gasteiger partial charge in [-0.1, -0.05) is 20.8 Å². The normalized spacial score (nSPS) is 12.8. The molecule has 27 heavy (non-hydrogen) atoms. The van der Waals surface area contributed by atoms with Gasteiger partial charge in [0.05, 0.1) is 31.3 Å². The molecule has 1 unspecified atom stereocenters. The zero-order valence-corrected chi connectivity index (χ0v) is 21.2. The first-order valence-corrected chi connectivity index (χ1v) is 9.51. The molecule has 0 radical (unpaired) electrons. The van der Waals surface area contributed by atoms with Gasteiger partial charge in [-0.2, -0.15) is 0 Å². The number of nitrogens with zero attached hydrogens (tertiary/aromatic N) is 1. The minimum atomic E-state index is 0. The molecule has 1 atom stereocenters. The van der Waals surface area contributed by atoms with Crippen molar-refractivity contribution in [1.29, 1.82) is 0 Å². The standard InChI is InChI=1S/C19H32BrN3O3.HI/c1-8-21-18(23-12-16(25-6)19(2,3)4)22-11-13-9-14(20)17(26-7)15(10-13)24-5;/h9-10,16H,8,11-12H2,1-7H3,(H2,21,22,23);1H. The van der Waals surface area contributed by atoms with Crippen molar-refractivity contribution in [3.63, 3.8) is 0 Å². The molecule has 1 aromatic rings. The average molecular weight is 558 g/mol. The van der Waals surface area contributed by atoms with Crippen LogP contribution in [0, 0.1) is 5.41 Å². The summed E-state index contributed by atoms with van der Waals surface area (Å²) in [5, 5.41) is 6.63. The summed E-state index contributed by atoms with van der Waals surface area (Å²) in [5.74, 6) is 2.11. The third-order valence-electron chi connectivity index (χ3n) is 3.96. The summed E-state index contributed by atoms with van der Waals surface area (Å²) in [6, 6.07) is 3.92. The van der Waals surface area contributed by atoms with Crippen molar-refractivity contribution < 1.29 is 14.2 Å². The number of nitrogens with one attached hydrogen (secondary N) is 2. The number of halogens is 2. The van der Waals surface area contributed by atoms with Gasteiger partial charge in [-0.05, 0) is 46.0 Å². The van der Waals surface area contributed by atoms with E-state index >= 15 is 0 Å². The first-order valence-electron chi connectivity index (χ1n) is 8.72. The predicted molar refractivity (Wildman–Crippen MR) is 126 cm³/mol. The summed E-state index contributed by atoms with van der Waals surface area (Å²) in [4.78, 5) is 4.67. The lowest BCUT2D eigenvalue weighted by molar-refractivity contribution is 0.0205. The minimum absolute atomic E-state index is 0. The maximum absolute atomic E-state index is 5.60. The van der Waals surface area contributed by atoms with Crippen LogP contribution in [-0.2, 0) is 11.3 Å². The van der Waals surface area contributed by atoms with Gasteiger partial charge in [-0.25, -0.2) is 4.99 Å². The molecule has 0 aliphatic carbocycles. The zero-order valence-electron chi connectivity index (χ0n) is 17.3. The highest BCUT2D eigenvalue weighted by Crippen LogP contribution is 2.36. The van der Waals surface area contributed by atoms with E-state index in [9.17, 15) is 0 Å². The molecule has 0 aliphatic rings. The van der Waals surface area contributed by atoms with Crippen LogP contribution in [0.4, 0.5) is 0 Å². The Labute approximate surface area is 189 Å². The smallest absolute Gasteiger partial charge is 0.191 e. The van der Waals surface area contributed by atoms with E-state index in [2.05, 4.69) is 52.3 Å². The summed E-state index contributed by atoms with van der Waals surface area (Å²) >= 11 is 3.52. The maximum Gasteiger partial charge on any atom is 0.191 e. The summed E-state index contributed by atoms with van der Waals surface area (Å²) in [7, 11) is 4.98. The van der Waals surface area contributed by atoms with Crippen molar-refractivity contribution in [3.05, 3.63) is 22.2 Å². The fourth-order valence-corrected chi connectivity index (χ4v) is 3.16. The molecule has 0 saturated carbocycles. The molecule has 0 saturated heterocycles. The van der Waals surface area contributed by atoms with E-state index in [1.54, 1.807) is 21.3 Å². The number of hydrogen-bond donors (Lipinski definition) is 2. The van der Waals surface area contributed by atoms with Gasteiger partial charge in [0.2, 0.25) is 0 Å². The van der Waals surface area contributed by atoms with Gasteiger partial charge in [0, 0.05) is 20.2 Å². The van der Waals surface area contributed by atoms with Crippen LogP contribution < -0.4 is 20.1 Å². The Kier molecular flexibility index (Phi) is 12.3. The number of rotatable bonds is 8. The second-order valence-corrected chi connectivity index (χ2v) is 7.83. The molecule has 2 N–H and O–H groups in total. The average Bonchev–Trinajstić information content (AvgIpc) is 2.58. The highest BCUT2D eigenvalue weighted by molar-refractivity contribution is 14.0. The molecule has 0 fully saturated rings. The van der Waals surface area contributed by atoms with Gasteiger partial charge < -0.3 is 24.8 Å². The van der Waals surface area contributed by atoms with Crippen molar-refractivity contribution in [2.75, 3.05) is 34.4 Å². The molecule has 0 aliphatic heterocycles. The Balaban J connectivity index is 0.00000676.